The van der Waals surface area contributed by atoms with Gasteiger partial charge in [-0.2, -0.15) is 0 Å². The monoisotopic (exact) mass is 329 g/mol. The summed E-state index contributed by atoms with van der Waals surface area (Å²) in [6, 6.07) is 9.03. The minimum absolute atomic E-state index is 0.0822. The Balaban J connectivity index is 2.28. The Morgan fingerprint density at radius 1 is 1.12 bits per heavy atom. The first-order valence-electron chi connectivity index (χ1n) is 7.87. The van der Waals surface area contributed by atoms with Crippen molar-refractivity contribution >= 4 is 17.3 Å². The number of nitrogens with zero attached hydrogens (tertiary/aromatic N) is 2. The molecule has 1 amide bonds. The molecule has 0 fully saturated rings. The number of pyridine rings is 1. The Bertz CT molecular complexity index is 700. The van der Waals surface area contributed by atoms with E-state index in [2.05, 4.69) is 10.3 Å². The largest absolute Gasteiger partial charge is 0.497 e. The molecule has 2 aromatic rings. The number of amides is 1. The van der Waals surface area contributed by atoms with E-state index in [1.54, 1.807) is 37.4 Å². The molecule has 0 unspecified atom stereocenters. The number of hydrogen-bond donors (Lipinski definition) is 1. The van der Waals surface area contributed by atoms with Gasteiger partial charge in [-0.05, 0) is 38.1 Å². The van der Waals surface area contributed by atoms with Crippen molar-refractivity contribution in [1.82, 2.24) is 9.88 Å². The maximum atomic E-state index is 12.4. The number of ether oxygens (including phenoxy) is 2. The van der Waals surface area contributed by atoms with Gasteiger partial charge in [0, 0.05) is 31.0 Å². The first kappa shape index (κ1) is 17.6. The molecule has 1 aromatic heterocycles. The Kier molecular flexibility index (Phi) is 6.01. The summed E-state index contributed by atoms with van der Waals surface area (Å²) in [5.74, 6) is 1.32. The van der Waals surface area contributed by atoms with Crippen LogP contribution in [-0.2, 0) is 0 Å². The van der Waals surface area contributed by atoms with Crippen molar-refractivity contribution in [2.75, 3.05) is 32.6 Å². The number of hydrogen-bond acceptors (Lipinski definition) is 5. The van der Waals surface area contributed by atoms with Gasteiger partial charge in [-0.1, -0.05) is 0 Å². The second kappa shape index (κ2) is 8.19. The number of rotatable bonds is 7. The van der Waals surface area contributed by atoms with Crippen molar-refractivity contribution in [3.05, 3.63) is 42.2 Å². The highest BCUT2D eigenvalue weighted by atomic mass is 16.5. The Labute approximate surface area is 142 Å². The maximum Gasteiger partial charge on any atom is 0.272 e. The van der Waals surface area contributed by atoms with Crippen LogP contribution in [0.2, 0.25) is 0 Å². The fraction of sp³-hybridized carbons (Fsp3) is 0.333. The minimum atomic E-state index is -0.0822. The number of aromatic nitrogens is 1. The zero-order chi connectivity index (χ0) is 17.5. The van der Waals surface area contributed by atoms with E-state index in [0.29, 0.717) is 30.3 Å². The highest BCUT2D eigenvalue weighted by molar-refractivity contribution is 5.93. The highest BCUT2D eigenvalue weighted by Crippen LogP contribution is 2.31. The quantitative estimate of drug-likeness (QED) is 0.844. The molecule has 128 valence electrons. The fourth-order valence-electron chi connectivity index (χ4n) is 2.37. The van der Waals surface area contributed by atoms with Crippen molar-refractivity contribution in [2.24, 2.45) is 0 Å². The van der Waals surface area contributed by atoms with Gasteiger partial charge in [0.25, 0.3) is 5.91 Å². The average Bonchev–Trinajstić information content (AvgIpc) is 2.62. The van der Waals surface area contributed by atoms with Crippen molar-refractivity contribution < 1.29 is 14.3 Å². The fourth-order valence-corrected chi connectivity index (χ4v) is 2.37. The van der Waals surface area contributed by atoms with Crippen LogP contribution in [0.1, 0.15) is 24.3 Å². The van der Waals surface area contributed by atoms with Gasteiger partial charge in [-0.3, -0.25) is 9.78 Å². The predicted octanol–water partition coefficient (Wildman–Crippen LogP) is 3.32. The molecule has 0 aliphatic rings. The summed E-state index contributed by atoms with van der Waals surface area (Å²) in [7, 11) is 3.22. The standard InChI is InChI=1S/C18H23N3O3/c1-5-21(6-2)18(22)16-11-13(9-10-19-16)20-15-12-14(23-3)7-8-17(15)24-4/h7-12H,5-6H2,1-4H3,(H,19,20). The summed E-state index contributed by atoms with van der Waals surface area (Å²) in [5.41, 5.74) is 1.92. The van der Waals surface area contributed by atoms with Gasteiger partial charge in [-0.25, -0.2) is 0 Å². The van der Waals surface area contributed by atoms with Gasteiger partial charge in [0.15, 0.2) is 0 Å². The van der Waals surface area contributed by atoms with E-state index in [0.717, 1.165) is 11.4 Å². The zero-order valence-electron chi connectivity index (χ0n) is 14.5. The number of carbonyl (C=O) groups is 1. The third-order valence-electron chi connectivity index (χ3n) is 3.72. The van der Waals surface area contributed by atoms with E-state index in [-0.39, 0.29) is 5.91 Å². The lowest BCUT2D eigenvalue weighted by Crippen LogP contribution is -2.31. The molecule has 2 rings (SSSR count). The van der Waals surface area contributed by atoms with Crippen molar-refractivity contribution in [2.45, 2.75) is 13.8 Å². The molecule has 0 saturated heterocycles. The topological polar surface area (TPSA) is 63.7 Å². The molecule has 1 N–H and O–H groups in total. The number of nitrogens with one attached hydrogen (secondary N) is 1. The third kappa shape index (κ3) is 3.95. The molecule has 1 heterocycles. The van der Waals surface area contributed by atoms with Crippen LogP contribution in [0.4, 0.5) is 11.4 Å². The average molecular weight is 329 g/mol. The first-order valence-corrected chi connectivity index (χ1v) is 7.87. The summed E-state index contributed by atoms with van der Waals surface area (Å²) in [5, 5.41) is 3.25. The molecule has 0 saturated carbocycles. The van der Waals surface area contributed by atoms with Crippen LogP contribution in [0.25, 0.3) is 0 Å². The van der Waals surface area contributed by atoms with Crippen LogP contribution in [0.15, 0.2) is 36.5 Å². The minimum Gasteiger partial charge on any atom is -0.497 e. The molecule has 1 aromatic carbocycles. The SMILES string of the molecule is CCN(CC)C(=O)c1cc(Nc2cc(OC)ccc2OC)ccn1. The van der Waals surface area contributed by atoms with Gasteiger partial charge in [0.2, 0.25) is 0 Å². The lowest BCUT2D eigenvalue weighted by Gasteiger charge is -2.18. The Morgan fingerprint density at radius 3 is 2.50 bits per heavy atom. The van der Waals surface area contributed by atoms with Crippen molar-refractivity contribution in [3.8, 4) is 11.5 Å². The van der Waals surface area contributed by atoms with Crippen LogP contribution in [-0.4, -0.2) is 43.1 Å². The van der Waals surface area contributed by atoms with E-state index in [9.17, 15) is 4.79 Å². The summed E-state index contributed by atoms with van der Waals surface area (Å²) < 4.78 is 10.6. The maximum absolute atomic E-state index is 12.4. The summed E-state index contributed by atoms with van der Waals surface area (Å²) in [6.45, 7) is 5.20. The Hall–Kier alpha value is -2.76. The third-order valence-corrected chi connectivity index (χ3v) is 3.72. The first-order chi connectivity index (χ1) is 11.6. The molecule has 6 nitrogen and oxygen atoms in total. The van der Waals surface area contributed by atoms with Crippen LogP contribution in [0.3, 0.4) is 0 Å². The highest BCUT2D eigenvalue weighted by Gasteiger charge is 2.14. The molecule has 0 spiro atoms. The second-order valence-corrected chi connectivity index (χ2v) is 5.10. The van der Waals surface area contributed by atoms with E-state index in [4.69, 9.17) is 9.47 Å². The Morgan fingerprint density at radius 2 is 1.88 bits per heavy atom. The molecule has 0 aliphatic carbocycles. The van der Waals surface area contributed by atoms with E-state index >= 15 is 0 Å². The smallest absolute Gasteiger partial charge is 0.272 e. The van der Waals surface area contributed by atoms with Crippen molar-refractivity contribution in [3.63, 3.8) is 0 Å². The van der Waals surface area contributed by atoms with Crippen LogP contribution in [0.5, 0.6) is 11.5 Å². The molecule has 0 radical (unpaired) electrons. The number of benzene rings is 1. The predicted molar refractivity (Wildman–Crippen MR) is 94.3 cm³/mol. The van der Waals surface area contributed by atoms with Gasteiger partial charge < -0.3 is 19.7 Å². The lowest BCUT2D eigenvalue weighted by atomic mass is 10.2. The summed E-state index contributed by atoms with van der Waals surface area (Å²) >= 11 is 0. The number of anilines is 2. The molecule has 0 bridgehead atoms. The molecule has 0 atom stereocenters. The van der Waals surface area contributed by atoms with Crippen LogP contribution in [0, 0.1) is 0 Å². The summed E-state index contributed by atoms with van der Waals surface area (Å²) in [6.07, 6.45) is 1.62. The molecular weight excluding hydrogens is 306 g/mol. The van der Waals surface area contributed by atoms with Gasteiger partial charge in [-0.15, -0.1) is 0 Å². The summed E-state index contributed by atoms with van der Waals surface area (Å²) in [4.78, 5) is 18.3. The van der Waals surface area contributed by atoms with Crippen LogP contribution >= 0.6 is 0 Å². The van der Waals surface area contributed by atoms with Gasteiger partial charge in [0.05, 0.1) is 19.9 Å². The normalized spacial score (nSPS) is 10.2. The van der Waals surface area contributed by atoms with Crippen LogP contribution < -0.4 is 14.8 Å². The van der Waals surface area contributed by atoms with Gasteiger partial charge >= 0.3 is 0 Å². The molecule has 6 heteroatoms. The van der Waals surface area contributed by atoms with E-state index < -0.39 is 0 Å². The second-order valence-electron chi connectivity index (χ2n) is 5.10. The molecule has 24 heavy (non-hydrogen) atoms. The van der Waals surface area contributed by atoms with Gasteiger partial charge in [0.1, 0.15) is 17.2 Å². The zero-order valence-corrected chi connectivity index (χ0v) is 14.5. The van der Waals surface area contributed by atoms with E-state index in [1.807, 2.05) is 32.0 Å². The van der Waals surface area contributed by atoms with Crippen molar-refractivity contribution in [1.29, 1.82) is 0 Å². The lowest BCUT2D eigenvalue weighted by molar-refractivity contribution is 0.0767. The molecule has 0 aliphatic heterocycles. The molecular formula is C18H23N3O3. The number of methoxy groups -OCH3 is 2. The van der Waals surface area contributed by atoms with E-state index in [1.165, 1.54) is 0 Å². The number of carbonyl (C=O) groups excluding carboxylic acids is 1.